The van der Waals surface area contributed by atoms with Gasteiger partial charge in [-0.3, -0.25) is 14.8 Å². The Morgan fingerprint density at radius 1 is 1.36 bits per heavy atom. The van der Waals surface area contributed by atoms with Crippen LogP contribution in [0.3, 0.4) is 0 Å². The highest BCUT2D eigenvalue weighted by Gasteiger charge is 2.14. The standard InChI is InChI=1S/C14H11ClN4O3/c1-9-14(10-2-4-11(15)5-3-10)22-13(17-9)8-18-7-12(6-16-18)19(20)21/h2-7H,8H2,1H3. The molecule has 1 aromatic carbocycles. The number of rotatable bonds is 4. The number of hydrogen-bond donors (Lipinski definition) is 0. The van der Waals surface area contributed by atoms with E-state index < -0.39 is 4.92 Å². The van der Waals surface area contributed by atoms with Gasteiger partial charge in [-0.1, -0.05) is 11.6 Å². The van der Waals surface area contributed by atoms with Gasteiger partial charge in [0.15, 0.2) is 5.76 Å². The summed E-state index contributed by atoms with van der Waals surface area (Å²) in [6.45, 7) is 2.06. The van der Waals surface area contributed by atoms with E-state index in [1.54, 1.807) is 12.1 Å². The lowest BCUT2D eigenvalue weighted by Crippen LogP contribution is -2.00. The first-order valence-electron chi connectivity index (χ1n) is 6.42. The van der Waals surface area contributed by atoms with E-state index in [-0.39, 0.29) is 12.2 Å². The van der Waals surface area contributed by atoms with Crippen molar-refractivity contribution in [3.05, 3.63) is 63.4 Å². The molecule has 0 aliphatic rings. The minimum atomic E-state index is -0.497. The third kappa shape index (κ3) is 2.84. The second-order valence-electron chi connectivity index (χ2n) is 4.68. The van der Waals surface area contributed by atoms with Crippen LogP contribution < -0.4 is 0 Å². The Morgan fingerprint density at radius 3 is 2.73 bits per heavy atom. The molecule has 0 aliphatic heterocycles. The van der Waals surface area contributed by atoms with Crippen molar-refractivity contribution in [1.29, 1.82) is 0 Å². The van der Waals surface area contributed by atoms with Crippen molar-refractivity contribution in [2.45, 2.75) is 13.5 Å². The van der Waals surface area contributed by atoms with Crippen LogP contribution in [0.1, 0.15) is 11.6 Å². The van der Waals surface area contributed by atoms with E-state index in [4.69, 9.17) is 16.0 Å². The topological polar surface area (TPSA) is 87.0 Å². The van der Waals surface area contributed by atoms with Crippen LogP contribution in [0.15, 0.2) is 41.1 Å². The maximum absolute atomic E-state index is 10.6. The maximum Gasteiger partial charge on any atom is 0.307 e. The van der Waals surface area contributed by atoms with Gasteiger partial charge in [-0.05, 0) is 31.2 Å². The lowest BCUT2D eigenvalue weighted by molar-refractivity contribution is -0.385. The fraction of sp³-hybridized carbons (Fsp3) is 0.143. The number of aromatic nitrogens is 3. The third-order valence-electron chi connectivity index (χ3n) is 3.07. The first-order valence-corrected chi connectivity index (χ1v) is 6.80. The first kappa shape index (κ1) is 14.3. The molecule has 0 N–H and O–H groups in total. The summed E-state index contributed by atoms with van der Waals surface area (Å²) in [5, 5.41) is 15.2. The van der Waals surface area contributed by atoms with Gasteiger partial charge < -0.3 is 4.42 Å². The molecule has 22 heavy (non-hydrogen) atoms. The molecule has 0 unspecified atom stereocenters. The number of oxazole rings is 1. The third-order valence-corrected chi connectivity index (χ3v) is 3.33. The van der Waals surface area contributed by atoms with Crippen molar-refractivity contribution in [1.82, 2.24) is 14.8 Å². The van der Waals surface area contributed by atoms with Gasteiger partial charge in [-0.25, -0.2) is 4.98 Å². The zero-order valence-corrected chi connectivity index (χ0v) is 12.3. The molecule has 2 heterocycles. The van der Waals surface area contributed by atoms with Gasteiger partial charge in [0.2, 0.25) is 5.89 Å². The monoisotopic (exact) mass is 318 g/mol. The smallest absolute Gasteiger partial charge is 0.307 e. The zero-order chi connectivity index (χ0) is 15.7. The molecule has 0 aliphatic carbocycles. The Labute approximate surface area is 130 Å². The summed E-state index contributed by atoms with van der Waals surface area (Å²) >= 11 is 5.87. The summed E-state index contributed by atoms with van der Waals surface area (Å²) in [4.78, 5) is 14.5. The van der Waals surface area contributed by atoms with Crippen LogP contribution in [-0.4, -0.2) is 19.7 Å². The minimum absolute atomic E-state index is 0.0683. The molecule has 0 saturated carbocycles. The van der Waals surface area contributed by atoms with E-state index in [1.165, 1.54) is 17.1 Å². The minimum Gasteiger partial charge on any atom is -0.438 e. The van der Waals surface area contributed by atoms with Crippen LogP contribution in [0.25, 0.3) is 11.3 Å². The van der Waals surface area contributed by atoms with Crippen LogP contribution in [0.5, 0.6) is 0 Å². The van der Waals surface area contributed by atoms with Crippen LogP contribution >= 0.6 is 11.6 Å². The van der Waals surface area contributed by atoms with Crippen molar-refractivity contribution in [2.75, 3.05) is 0 Å². The normalized spacial score (nSPS) is 10.8. The highest BCUT2D eigenvalue weighted by atomic mass is 35.5. The lowest BCUT2D eigenvalue weighted by atomic mass is 10.1. The van der Waals surface area contributed by atoms with E-state index in [0.29, 0.717) is 16.7 Å². The van der Waals surface area contributed by atoms with E-state index >= 15 is 0 Å². The van der Waals surface area contributed by atoms with Crippen molar-refractivity contribution in [3.8, 4) is 11.3 Å². The van der Waals surface area contributed by atoms with Crippen LogP contribution in [0, 0.1) is 17.0 Å². The Bertz CT molecular complexity index is 823. The van der Waals surface area contributed by atoms with Gasteiger partial charge in [0.05, 0.1) is 10.6 Å². The first-order chi connectivity index (χ1) is 10.5. The van der Waals surface area contributed by atoms with Gasteiger partial charge in [0.1, 0.15) is 18.9 Å². The molecule has 0 spiro atoms. The van der Waals surface area contributed by atoms with E-state index in [2.05, 4.69) is 10.1 Å². The van der Waals surface area contributed by atoms with E-state index in [9.17, 15) is 10.1 Å². The number of benzene rings is 1. The van der Waals surface area contributed by atoms with Crippen LogP contribution in [0.2, 0.25) is 5.02 Å². The summed E-state index contributed by atoms with van der Waals surface area (Å²) in [7, 11) is 0. The number of hydrogen-bond acceptors (Lipinski definition) is 5. The molecule has 0 amide bonds. The Kier molecular flexibility index (Phi) is 3.64. The predicted molar refractivity (Wildman–Crippen MR) is 79.7 cm³/mol. The maximum atomic E-state index is 10.6. The van der Waals surface area contributed by atoms with Crippen molar-refractivity contribution < 1.29 is 9.34 Å². The fourth-order valence-corrected chi connectivity index (χ4v) is 2.19. The lowest BCUT2D eigenvalue weighted by Gasteiger charge is -1.98. The summed E-state index contributed by atoms with van der Waals surface area (Å²) in [5.74, 6) is 1.08. The number of nitrogens with zero attached hydrogens (tertiary/aromatic N) is 4. The Balaban J connectivity index is 1.85. The van der Waals surface area contributed by atoms with Crippen molar-refractivity contribution in [3.63, 3.8) is 0 Å². The van der Waals surface area contributed by atoms with Gasteiger partial charge in [0.25, 0.3) is 0 Å². The molecule has 3 rings (SSSR count). The highest BCUT2D eigenvalue weighted by molar-refractivity contribution is 6.30. The number of halogens is 1. The molecule has 7 nitrogen and oxygen atoms in total. The number of nitro groups is 1. The van der Waals surface area contributed by atoms with Crippen LogP contribution in [-0.2, 0) is 6.54 Å². The van der Waals surface area contributed by atoms with Crippen molar-refractivity contribution >= 4 is 17.3 Å². The molecule has 0 atom stereocenters. The summed E-state index contributed by atoms with van der Waals surface area (Å²) < 4.78 is 7.14. The molecule has 0 fully saturated rings. The SMILES string of the molecule is Cc1nc(Cn2cc([N+](=O)[O-])cn2)oc1-c1ccc(Cl)cc1. The molecule has 0 saturated heterocycles. The van der Waals surface area contributed by atoms with Gasteiger partial charge in [-0.15, -0.1) is 0 Å². The number of aryl methyl sites for hydroxylation is 1. The molecular formula is C14H11ClN4O3. The Hall–Kier alpha value is -2.67. The van der Waals surface area contributed by atoms with Gasteiger partial charge in [0, 0.05) is 10.6 Å². The van der Waals surface area contributed by atoms with E-state index in [1.807, 2.05) is 19.1 Å². The predicted octanol–water partition coefficient (Wildman–Crippen LogP) is 3.46. The quantitative estimate of drug-likeness (QED) is 0.543. The van der Waals surface area contributed by atoms with Gasteiger partial charge in [-0.2, -0.15) is 5.10 Å². The average molecular weight is 319 g/mol. The molecule has 112 valence electrons. The second kappa shape index (κ2) is 5.61. The molecular weight excluding hydrogens is 308 g/mol. The highest BCUT2D eigenvalue weighted by Crippen LogP contribution is 2.26. The zero-order valence-electron chi connectivity index (χ0n) is 11.6. The van der Waals surface area contributed by atoms with E-state index in [0.717, 1.165) is 11.3 Å². The fourth-order valence-electron chi connectivity index (χ4n) is 2.06. The molecule has 8 heteroatoms. The van der Waals surface area contributed by atoms with Crippen LogP contribution in [0.4, 0.5) is 5.69 Å². The summed E-state index contributed by atoms with van der Waals surface area (Å²) in [6, 6.07) is 7.24. The van der Waals surface area contributed by atoms with Gasteiger partial charge >= 0.3 is 5.69 Å². The molecule has 3 aromatic rings. The second-order valence-corrected chi connectivity index (χ2v) is 5.12. The molecule has 0 radical (unpaired) electrons. The largest absolute Gasteiger partial charge is 0.438 e. The molecule has 2 aromatic heterocycles. The average Bonchev–Trinajstić information content (AvgIpc) is 3.07. The van der Waals surface area contributed by atoms with Crippen molar-refractivity contribution in [2.24, 2.45) is 0 Å². The Morgan fingerprint density at radius 2 is 2.09 bits per heavy atom. The summed E-state index contributed by atoms with van der Waals surface area (Å²) in [5.41, 5.74) is 1.53. The summed E-state index contributed by atoms with van der Waals surface area (Å²) in [6.07, 6.45) is 2.53. The molecule has 0 bridgehead atoms.